The monoisotopic (exact) mass is 269 g/mol. The highest BCUT2D eigenvalue weighted by Gasteiger charge is 2.53. The standard InChI is InChI=1S/C14H23NO4/c1-14(2,3)19-13(18)15-11(12(16)17)7-10-8-5-4-6-9(8)10/h8-11H,4-7H2,1-3H3,(H,15,18)(H,16,17)/t8-,9?,10+,11-/m0/s1. The lowest BCUT2D eigenvalue weighted by atomic mass is 10.0. The largest absolute Gasteiger partial charge is 0.480 e. The van der Waals surface area contributed by atoms with Crippen molar-refractivity contribution in [2.45, 2.75) is 58.1 Å². The second kappa shape index (κ2) is 5.02. The van der Waals surface area contributed by atoms with Crippen LogP contribution >= 0.6 is 0 Å². The molecule has 0 spiro atoms. The molecule has 5 heteroatoms. The summed E-state index contributed by atoms with van der Waals surface area (Å²) in [7, 11) is 0. The number of fused-ring (bicyclic) bond motifs is 1. The molecular weight excluding hydrogens is 246 g/mol. The number of hydrogen-bond donors (Lipinski definition) is 2. The van der Waals surface area contributed by atoms with Crippen LogP contribution in [0.2, 0.25) is 0 Å². The molecule has 2 aliphatic rings. The maximum Gasteiger partial charge on any atom is 0.408 e. The molecule has 19 heavy (non-hydrogen) atoms. The van der Waals surface area contributed by atoms with E-state index in [0.29, 0.717) is 24.2 Å². The van der Waals surface area contributed by atoms with Crippen LogP contribution in [0.1, 0.15) is 46.5 Å². The molecule has 0 aromatic rings. The molecule has 2 saturated carbocycles. The van der Waals surface area contributed by atoms with Gasteiger partial charge in [0.15, 0.2) is 0 Å². The number of aliphatic carboxylic acids is 1. The zero-order valence-electron chi connectivity index (χ0n) is 11.8. The first kappa shape index (κ1) is 14.2. The van der Waals surface area contributed by atoms with Gasteiger partial charge in [0, 0.05) is 0 Å². The van der Waals surface area contributed by atoms with Crippen molar-refractivity contribution in [2.75, 3.05) is 0 Å². The molecule has 1 unspecified atom stereocenters. The average Bonchev–Trinajstić information content (AvgIpc) is 2.70. The number of carboxylic acid groups (broad SMARTS) is 1. The number of amides is 1. The van der Waals surface area contributed by atoms with Crippen LogP contribution in [0, 0.1) is 17.8 Å². The van der Waals surface area contributed by atoms with Crippen molar-refractivity contribution in [1.29, 1.82) is 0 Å². The number of carbonyl (C=O) groups excluding carboxylic acids is 1. The van der Waals surface area contributed by atoms with E-state index in [9.17, 15) is 14.7 Å². The lowest BCUT2D eigenvalue weighted by molar-refractivity contribution is -0.139. The highest BCUT2D eigenvalue weighted by molar-refractivity contribution is 5.80. The quantitative estimate of drug-likeness (QED) is 0.821. The Morgan fingerprint density at radius 3 is 2.37 bits per heavy atom. The maximum absolute atomic E-state index is 11.6. The SMILES string of the molecule is CC(C)(C)OC(=O)N[C@@H](C[C@H]1C2CCC[C@@H]21)C(=O)O. The van der Waals surface area contributed by atoms with E-state index in [0.717, 1.165) is 0 Å². The minimum atomic E-state index is -0.976. The fourth-order valence-electron chi connectivity index (χ4n) is 3.26. The van der Waals surface area contributed by atoms with Crippen LogP contribution in [0.3, 0.4) is 0 Å². The number of alkyl carbamates (subject to hydrolysis) is 1. The molecule has 108 valence electrons. The number of nitrogens with one attached hydrogen (secondary N) is 1. The van der Waals surface area contributed by atoms with Crippen molar-refractivity contribution < 1.29 is 19.4 Å². The van der Waals surface area contributed by atoms with Gasteiger partial charge in [0.05, 0.1) is 0 Å². The molecule has 2 aliphatic carbocycles. The highest BCUT2D eigenvalue weighted by Crippen LogP contribution is 2.59. The van der Waals surface area contributed by atoms with Gasteiger partial charge in [-0.15, -0.1) is 0 Å². The molecule has 0 bridgehead atoms. The van der Waals surface area contributed by atoms with Gasteiger partial charge in [-0.3, -0.25) is 0 Å². The third-order valence-corrected chi connectivity index (χ3v) is 4.08. The summed E-state index contributed by atoms with van der Waals surface area (Å²) in [6, 6.07) is -0.828. The van der Waals surface area contributed by atoms with E-state index in [1.807, 2.05) is 0 Å². The fourth-order valence-corrected chi connectivity index (χ4v) is 3.26. The van der Waals surface area contributed by atoms with E-state index in [-0.39, 0.29) is 0 Å². The lowest BCUT2D eigenvalue weighted by Gasteiger charge is -2.22. The summed E-state index contributed by atoms with van der Waals surface area (Å²) in [4.78, 5) is 22.8. The summed E-state index contributed by atoms with van der Waals surface area (Å²) < 4.78 is 5.10. The summed E-state index contributed by atoms with van der Waals surface area (Å²) in [5.74, 6) is 0.894. The van der Waals surface area contributed by atoms with Crippen molar-refractivity contribution >= 4 is 12.1 Å². The van der Waals surface area contributed by atoms with Crippen molar-refractivity contribution in [1.82, 2.24) is 5.32 Å². The van der Waals surface area contributed by atoms with Crippen LogP contribution in [-0.2, 0) is 9.53 Å². The Bertz CT molecular complexity index is 364. The summed E-state index contributed by atoms with van der Waals surface area (Å²) in [6.45, 7) is 5.27. The van der Waals surface area contributed by atoms with Crippen LogP contribution in [0.15, 0.2) is 0 Å². The van der Waals surface area contributed by atoms with E-state index in [1.165, 1.54) is 19.3 Å². The Morgan fingerprint density at radius 1 is 1.32 bits per heavy atom. The molecule has 2 N–H and O–H groups in total. The minimum Gasteiger partial charge on any atom is -0.480 e. The molecular formula is C14H23NO4. The number of carboxylic acids is 1. The third kappa shape index (κ3) is 3.61. The summed E-state index contributed by atoms with van der Waals surface area (Å²) in [5, 5.41) is 11.7. The second-order valence-corrected chi connectivity index (χ2v) is 6.70. The molecule has 0 saturated heterocycles. The van der Waals surface area contributed by atoms with Gasteiger partial charge in [0.1, 0.15) is 11.6 Å². The number of ether oxygens (including phenoxy) is 1. The van der Waals surface area contributed by atoms with Crippen molar-refractivity contribution in [3.63, 3.8) is 0 Å². The summed E-state index contributed by atoms with van der Waals surface area (Å²) in [5.41, 5.74) is -0.608. The van der Waals surface area contributed by atoms with E-state index >= 15 is 0 Å². The first-order valence-corrected chi connectivity index (χ1v) is 7.00. The zero-order chi connectivity index (χ0) is 14.2. The van der Waals surface area contributed by atoms with Crippen LogP contribution < -0.4 is 5.32 Å². The minimum absolute atomic E-state index is 0.477. The number of rotatable bonds is 4. The van der Waals surface area contributed by atoms with E-state index in [1.54, 1.807) is 20.8 Å². The molecule has 4 atom stereocenters. The Kier molecular flexibility index (Phi) is 3.74. The highest BCUT2D eigenvalue weighted by atomic mass is 16.6. The normalized spacial score (nSPS) is 30.4. The van der Waals surface area contributed by atoms with Gasteiger partial charge in [-0.25, -0.2) is 9.59 Å². The van der Waals surface area contributed by atoms with Gasteiger partial charge in [-0.1, -0.05) is 6.42 Å². The van der Waals surface area contributed by atoms with Gasteiger partial charge in [-0.05, 0) is 57.8 Å². The average molecular weight is 269 g/mol. The molecule has 5 nitrogen and oxygen atoms in total. The molecule has 0 aliphatic heterocycles. The Labute approximate surface area is 113 Å². The smallest absolute Gasteiger partial charge is 0.408 e. The van der Waals surface area contributed by atoms with Crippen LogP contribution in [0.25, 0.3) is 0 Å². The zero-order valence-corrected chi connectivity index (χ0v) is 11.8. The first-order chi connectivity index (χ1) is 8.78. The molecule has 0 aromatic heterocycles. The van der Waals surface area contributed by atoms with Crippen LogP contribution in [0.5, 0.6) is 0 Å². The number of carbonyl (C=O) groups is 2. The fraction of sp³-hybridized carbons (Fsp3) is 0.857. The number of hydrogen-bond acceptors (Lipinski definition) is 3. The van der Waals surface area contributed by atoms with Crippen molar-refractivity contribution in [3.05, 3.63) is 0 Å². The lowest BCUT2D eigenvalue weighted by Crippen LogP contribution is -2.43. The van der Waals surface area contributed by atoms with Gasteiger partial charge < -0.3 is 15.2 Å². The second-order valence-electron chi connectivity index (χ2n) is 6.70. The third-order valence-electron chi connectivity index (χ3n) is 4.08. The van der Waals surface area contributed by atoms with Gasteiger partial charge in [-0.2, -0.15) is 0 Å². The molecule has 0 radical (unpaired) electrons. The topological polar surface area (TPSA) is 75.6 Å². The van der Waals surface area contributed by atoms with Crippen LogP contribution in [0.4, 0.5) is 4.79 Å². The van der Waals surface area contributed by atoms with Crippen LogP contribution in [-0.4, -0.2) is 28.8 Å². The summed E-state index contributed by atoms with van der Waals surface area (Å²) >= 11 is 0. The van der Waals surface area contributed by atoms with E-state index in [4.69, 9.17) is 4.74 Å². The molecule has 2 rings (SSSR count). The molecule has 0 aromatic carbocycles. The predicted octanol–water partition coefficient (Wildman–Crippen LogP) is 2.40. The van der Waals surface area contributed by atoms with Gasteiger partial charge in [0.25, 0.3) is 0 Å². The van der Waals surface area contributed by atoms with Crippen molar-refractivity contribution in [3.8, 4) is 0 Å². The van der Waals surface area contributed by atoms with E-state index in [2.05, 4.69) is 5.32 Å². The Hall–Kier alpha value is -1.26. The predicted molar refractivity (Wildman–Crippen MR) is 69.7 cm³/mol. The first-order valence-electron chi connectivity index (χ1n) is 7.00. The van der Waals surface area contributed by atoms with Crippen molar-refractivity contribution in [2.24, 2.45) is 17.8 Å². The van der Waals surface area contributed by atoms with E-state index < -0.39 is 23.7 Å². The molecule has 2 fully saturated rings. The Morgan fingerprint density at radius 2 is 1.89 bits per heavy atom. The molecule has 1 amide bonds. The summed E-state index contributed by atoms with van der Waals surface area (Å²) in [6.07, 6.45) is 3.58. The van der Waals surface area contributed by atoms with Gasteiger partial charge in [0.2, 0.25) is 0 Å². The molecule has 0 heterocycles. The maximum atomic E-state index is 11.6. The Balaban J connectivity index is 1.83. The van der Waals surface area contributed by atoms with Gasteiger partial charge >= 0.3 is 12.1 Å².